The Morgan fingerprint density at radius 1 is 1.24 bits per heavy atom. The maximum Gasteiger partial charge on any atom is 0.150 e. The molecule has 1 aromatic carbocycles. The van der Waals surface area contributed by atoms with Gasteiger partial charge in [0.1, 0.15) is 23.6 Å². The van der Waals surface area contributed by atoms with E-state index in [-0.39, 0.29) is 12.2 Å². The number of nitrogens with one attached hydrogen (secondary N) is 1. The molecule has 0 radical (unpaired) electrons. The van der Waals surface area contributed by atoms with Crippen LogP contribution in [-0.2, 0) is 6.54 Å². The standard InChI is InChI=1S/C11H8BrF2N3/c12-7-3-9(13)11(10(14)4-7)16-5-8-1-2-15-6-17-8/h1-4,6,16H,5H2. The van der Waals surface area contributed by atoms with Crippen LogP contribution in [0, 0.1) is 11.6 Å². The highest BCUT2D eigenvalue weighted by Crippen LogP contribution is 2.23. The summed E-state index contributed by atoms with van der Waals surface area (Å²) in [5.41, 5.74) is 0.494. The molecule has 1 N–H and O–H groups in total. The van der Waals surface area contributed by atoms with Crippen molar-refractivity contribution in [2.75, 3.05) is 5.32 Å². The lowest BCUT2D eigenvalue weighted by Crippen LogP contribution is -2.05. The van der Waals surface area contributed by atoms with Gasteiger partial charge in [0, 0.05) is 10.7 Å². The van der Waals surface area contributed by atoms with Crippen molar-refractivity contribution in [1.29, 1.82) is 0 Å². The molecule has 0 aliphatic carbocycles. The molecule has 1 heterocycles. The Bertz CT molecular complexity index is 496. The van der Waals surface area contributed by atoms with E-state index in [0.717, 1.165) is 0 Å². The molecule has 17 heavy (non-hydrogen) atoms. The predicted molar refractivity (Wildman–Crippen MR) is 63.4 cm³/mol. The van der Waals surface area contributed by atoms with Gasteiger partial charge >= 0.3 is 0 Å². The smallest absolute Gasteiger partial charge is 0.150 e. The molecule has 0 spiro atoms. The fourth-order valence-electron chi connectivity index (χ4n) is 1.31. The van der Waals surface area contributed by atoms with Crippen LogP contribution >= 0.6 is 15.9 Å². The maximum atomic E-state index is 13.4. The van der Waals surface area contributed by atoms with Gasteiger partial charge in [-0.25, -0.2) is 18.7 Å². The Labute approximate surface area is 105 Å². The molecule has 0 fully saturated rings. The summed E-state index contributed by atoms with van der Waals surface area (Å²) in [6.07, 6.45) is 2.95. The minimum absolute atomic E-state index is 0.160. The van der Waals surface area contributed by atoms with E-state index in [1.165, 1.54) is 18.5 Å². The van der Waals surface area contributed by atoms with Crippen molar-refractivity contribution in [3.63, 3.8) is 0 Å². The molecular weight excluding hydrogens is 292 g/mol. The van der Waals surface area contributed by atoms with Crippen LogP contribution < -0.4 is 5.32 Å². The third kappa shape index (κ3) is 2.97. The fraction of sp³-hybridized carbons (Fsp3) is 0.0909. The van der Waals surface area contributed by atoms with Crippen molar-refractivity contribution in [2.45, 2.75) is 6.54 Å². The van der Waals surface area contributed by atoms with Crippen LogP contribution in [0.2, 0.25) is 0 Å². The molecule has 0 atom stereocenters. The van der Waals surface area contributed by atoms with Crippen LogP contribution in [0.5, 0.6) is 0 Å². The molecule has 0 aliphatic rings. The summed E-state index contributed by atoms with van der Waals surface area (Å²) in [6, 6.07) is 4.07. The average Bonchev–Trinajstić information content (AvgIpc) is 2.29. The van der Waals surface area contributed by atoms with E-state index < -0.39 is 11.6 Å². The van der Waals surface area contributed by atoms with Crippen molar-refractivity contribution in [2.24, 2.45) is 0 Å². The number of hydrogen-bond acceptors (Lipinski definition) is 3. The molecule has 0 saturated heterocycles. The van der Waals surface area contributed by atoms with Crippen LogP contribution in [0.1, 0.15) is 5.69 Å². The summed E-state index contributed by atoms with van der Waals surface area (Å²) in [5, 5.41) is 2.66. The second-order valence-corrected chi connectivity index (χ2v) is 4.21. The molecule has 0 unspecified atom stereocenters. The Hall–Kier alpha value is -1.56. The molecule has 88 valence electrons. The number of anilines is 1. The summed E-state index contributed by atoms with van der Waals surface area (Å²) in [4.78, 5) is 7.70. The minimum atomic E-state index is -0.647. The van der Waals surface area contributed by atoms with Gasteiger partial charge in [0.15, 0.2) is 0 Å². The first kappa shape index (κ1) is 11.9. The van der Waals surface area contributed by atoms with Gasteiger partial charge < -0.3 is 5.32 Å². The van der Waals surface area contributed by atoms with E-state index >= 15 is 0 Å². The maximum absolute atomic E-state index is 13.4. The first-order chi connectivity index (χ1) is 8.16. The third-order valence-electron chi connectivity index (χ3n) is 2.10. The first-order valence-electron chi connectivity index (χ1n) is 4.80. The van der Waals surface area contributed by atoms with Gasteiger partial charge in [0.2, 0.25) is 0 Å². The Morgan fingerprint density at radius 3 is 2.53 bits per heavy atom. The second-order valence-electron chi connectivity index (χ2n) is 3.30. The van der Waals surface area contributed by atoms with Crippen LogP contribution in [0.25, 0.3) is 0 Å². The molecule has 0 amide bonds. The highest BCUT2D eigenvalue weighted by atomic mass is 79.9. The Balaban J connectivity index is 2.15. The number of benzene rings is 1. The predicted octanol–water partition coefficient (Wildman–Crippen LogP) is 3.13. The van der Waals surface area contributed by atoms with Crippen LogP contribution in [0.15, 0.2) is 35.2 Å². The number of aromatic nitrogens is 2. The summed E-state index contributed by atoms with van der Waals surface area (Å²) in [6.45, 7) is 0.234. The van der Waals surface area contributed by atoms with Gasteiger partial charge in [0.25, 0.3) is 0 Å². The summed E-state index contributed by atoms with van der Waals surface area (Å²) in [5.74, 6) is -1.29. The fourth-order valence-corrected chi connectivity index (χ4v) is 1.71. The monoisotopic (exact) mass is 299 g/mol. The van der Waals surface area contributed by atoms with Crippen LogP contribution in [-0.4, -0.2) is 9.97 Å². The van der Waals surface area contributed by atoms with Crippen LogP contribution in [0.3, 0.4) is 0 Å². The van der Waals surface area contributed by atoms with E-state index in [1.54, 1.807) is 12.3 Å². The van der Waals surface area contributed by atoms with Gasteiger partial charge in [-0.1, -0.05) is 15.9 Å². The lowest BCUT2D eigenvalue weighted by molar-refractivity contribution is 0.586. The van der Waals surface area contributed by atoms with Gasteiger partial charge in [0.05, 0.1) is 12.2 Å². The largest absolute Gasteiger partial charge is 0.375 e. The lowest BCUT2D eigenvalue weighted by Gasteiger charge is -2.08. The van der Waals surface area contributed by atoms with Crippen molar-refractivity contribution in [1.82, 2.24) is 9.97 Å². The Morgan fingerprint density at radius 2 is 1.94 bits per heavy atom. The molecule has 3 nitrogen and oxygen atoms in total. The zero-order valence-corrected chi connectivity index (χ0v) is 10.2. The number of rotatable bonds is 3. The van der Waals surface area contributed by atoms with Crippen molar-refractivity contribution >= 4 is 21.6 Å². The zero-order chi connectivity index (χ0) is 12.3. The third-order valence-corrected chi connectivity index (χ3v) is 2.55. The minimum Gasteiger partial charge on any atom is -0.375 e. The quantitative estimate of drug-likeness (QED) is 0.946. The number of hydrogen-bond donors (Lipinski definition) is 1. The first-order valence-corrected chi connectivity index (χ1v) is 5.59. The molecule has 0 aliphatic heterocycles. The SMILES string of the molecule is Fc1cc(Br)cc(F)c1NCc1ccncn1. The van der Waals surface area contributed by atoms with Gasteiger partial charge in [-0.3, -0.25) is 0 Å². The average molecular weight is 300 g/mol. The molecule has 0 saturated carbocycles. The molecule has 0 bridgehead atoms. The van der Waals surface area contributed by atoms with Gasteiger partial charge in [-0.05, 0) is 18.2 Å². The number of nitrogens with zero attached hydrogens (tertiary/aromatic N) is 2. The van der Waals surface area contributed by atoms with E-state index in [1.807, 2.05) is 0 Å². The Kier molecular flexibility index (Phi) is 3.63. The van der Waals surface area contributed by atoms with E-state index in [4.69, 9.17) is 0 Å². The van der Waals surface area contributed by atoms with Gasteiger partial charge in [-0.2, -0.15) is 0 Å². The zero-order valence-electron chi connectivity index (χ0n) is 8.62. The van der Waals surface area contributed by atoms with E-state index in [2.05, 4.69) is 31.2 Å². The highest BCUT2D eigenvalue weighted by molar-refractivity contribution is 9.10. The molecule has 1 aromatic heterocycles. The molecule has 2 aromatic rings. The lowest BCUT2D eigenvalue weighted by atomic mass is 10.3. The topological polar surface area (TPSA) is 37.8 Å². The van der Waals surface area contributed by atoms with E-state index in [9.17, 15) is 8.78 Å². The summed E-state index contributed by atoms with van der Waals surface area (Å²) >= 11 is 3.01. The summed E-state index contributed by atoms with van der Waals surface area (Å²) < 4.78 is 27.3. The molecular formula is C11H8BrF2N3. The van der Waals surface area contributed by atoms with Crippen molar-refractivity contribution < 1.29 is 8.78 Å². The second kappa shape index (κ2) is 5.18. The highest BCUT2D eigenvalue weighted by Gasteiger charge is 2.10. The molecule has 2 rings (SSSR count). The number of halogens is 3. The van der Waals surface area contributed by atoms with Gasteiger partial charge in [-0.15, -0.1) is 0 Å². The molecule has 6 heteroatoms. The normalized spacial score (nSPS) is 10.3. The summed E-state index contributed by atoms with van der Waals surface area (Å²) in [7, 11) is 0. The van der Waals surface area contributed by atoms with E-state index in [0.29, 0.717) is 10.2 Å². The van der Waals surface area contributed by atoms with Crippen molar-refractivity contribution in [3.05, 3.63) is 52.5 Å². The van der Waals surface area contributed by atoms with Crippen molar-refractivity contribution in [3.8, 4) is 0 Å². The van der Waals surface area contributed by atoms with Crippen LogP contribution in [0.4, 0.5) is 14.5 Å².